The summed E-state index contributed by atoms with van der Waals surface area (Å²) in [7, 11) is 0. The van der Waals surface area contributed by atoms with Gasteiger partial charge in [0.25, 0.3) is 5.69 Å². The van der Waals surface area contributed by atoms with Crippen LogP contribution in [0.25, 0.3) is 5.76 Å². The zero-order valence-electron chi connectivity index (χ0n) is 14.4. The standard InChI is InChI=1S/C22H16N2O3/c25-24(26)19-13-11-18(12-14-19)22-23-20(16-7-3-1-4-8-16)15-21(27-22)17-9-5-2-6-10-17/h1-15,22H. The molecule has 5 nitrogen and oxygen atoms in total. The molecule has 0 aromatic heterocycles. The number of rotatable bonds is 4. The molecular formula is C22H16N2O3. The van der Waals surface area contributed by atoms with Gasteiger partial charge in [-0.3, -0.25) is 10.1 Å². The SMILES string of the molecule is O=[N+]([O-])c1ccc(C2N=C(c3ccccc3)C=C(c3ccccc3)O2)cc1. The number of aliphatic imine (C=N–C) groups is 1. The summed E-state index contributed by atoms with van der Waals surface area (Å²) < 4.78 is 6.11. The third-order valence-corrected chi connectivity index (χ3v) is 4.28. The van der Waals surface area contributed by atoms with E-state index in [0.717, 1.165) is 22.4 Å². The molecule has 0 saturated carbocycles. The highest BCUT2D eigenvalue weighted by Crippen LogP contribution is 2.32. The largest absolute Gasteiger partial charge is 0.464 e. The Labute approximate surface area is 156 Å². The lowest BCUT2D eigenvalue weighted by Gasteiger charge is -2.23. The maximum atomic E-state index is 10.9. The van der Waals surface area contributed by atoms with Crippen molar-refractivity contribution in [3.8, 4) is 0 Å². The molecule has 132 valence electrons. The monoisotopic (exact) mass is 356 g/mol. The highest BCUT2D eigenvalue weighted by atomic mass is 16.6. The van der Waals surface area contributed by atoms with Crippen LogP contribution >= 0.6 is 0 Å². The molecule has 0 spiro atoms. The normalized spacial score (nSPS) is 16.1. The first kappa shape index (κ1) is 16.7. The predicted molar refractivity (Wildman–Crippen MR) is 104 cm³/mol. The van der Waals surface area contributed by atoms with Gasteiger partial charge in [-0.05, 0) is 17.7 Å². The number of benzene rings is 3. The number of nitro groups is 1. The molecule has 1 aliphatic rings. The second kappa shape index (κ2) is 7.25. The van der Waals surface area contributed by atoms with Crippen molar-refractivity contribution in [2.75, 3.05) is 0 Å². The van der Waals surface area contributed by atoms with Crippen molar-refractivity contribution < 1.29 is 9.66 Å². The molecule has 0 saturated heterocycles. The Bertz CT molecular complexity index is 1010. The van der Waals surface area contributed by atoms with Crippen LogP contribution in [0.5, 0.6) is 0 Å². The van der Waals surface area contributed by atoms with Crippen LogP contribution in [-0.4, -0.2) is 10.6 Å². The van der Waals surface area contributed by atoms with Crippen molar-refractivity contribution >= 4 is 17.2 Å². The Morgan fingerprint density at radius 1 is 0.815 bits per heavy atom. The van der Waals surface area contributed by atoms with Gasteiger partial charge >= 0.3 is 0 Å². The van der Waals surface area contributed by atoms with E-state index in [1.165, 1.54) is 12.1 Å². The zero-order valence-corrected chi connectivity index (χ0v) is 14.4. The molecule has 3 aromatic rings. The topological polar surface area (TPSA) is 64.7 Å². The third-order valence-electron chi connectivity index (χ3n) is 4.28. The molecule has 27 heavy (non-hydrogen) atoms. The van der Waals surface area contributed by atoms with Crippen molar-refractivity contribution in [1.82, 2.24) is 0 Å². The Morgan fingerprint density at radius 3 is 2.00 bits per heavy atom. The number of non-ortho nitro benzene ring substituents is 1. The highest BCUT2D eigenvalue weighted by molar-refractivity contribution is 6.12. The molecule has 1 unspecified atom stereocenters. The van der Waals surface area contributed by atoms with E-state index in [0.29, 0.717) is 5.76 Å². The summed E-state index contributed by atoms with van der Waals surface area (Å²) in [5.74, 6) is 0.716. The number of hydrogen-bond donors (Lipinski definition) is 0. The summed E-state index contributed by atoms with van der Waals surface area (Å²) in [5.41, 5.74) is 3.55. The van der Waals surface area contributed by atoms with Gasteiger partial charge in [0, 0.05) is 29.3 Å². The quantitative estimate of drug-likeness (QED) is 0.479. The first-order valence-corrected chi connectivity index (χ1v) is 8.52. The lowest BCUT2D eigenvalue weighted by molar-refractivity contribution is -0.384. The van der Waals surface area contributed by atoms with Crippen LogP contribution < -0.4 is 0 Å². The van der Waals surface area contributed by atoms with E-state index in [9.17, 15) is 10.1 Å². The lowest BCUT2D eigenvalue weighted by atomic mass is 10.0. The fraction of sp³-hybridized carbons (Fsp3) is 0.0455. The highest BCUT2D eigenvalue weighted by Gasteiger charge is 2.22. The Balaban J connectivity index is 1.75. The number of ether oxygens (including phenoxy) is 1. The number of allylic oxidation sites excluding steroid dienone is 1. The van der Waals surface area contributed by atoms with E-state index in [4.69, 9.17) is 9.73 Å². The van der Waals surface area contributed by atoms with Gasteiger partial charge < -0.3 is 4.74 Å². The van der Waals surface area contributed by atoms with Gasteiger partial charge in [-0.1, -0.05) is 60.7 Å². The molecule has 3 aromatic carbocycles. The van der Waals surface area contributed by atoms with Crippen LogP contribution in [-0.2, 0) is 4.74 Å². The van der Waals surface area contributed by atoms with Gasteiger partial charge in [0.05, 0.1) is 10.6 Å². The van der Waals surface area contributed by atoms with Crippen LogP contribution in [0.2, 0.25) is 0 Å². The molecule has 1 aliphatic heterocycles. The summed E-state index contributed by atoms with van der Waals surface area (Å²) in [5, 5.41) is 10.9. The fourth-order valence-electron chi connectivity index (χ4n) is 2.89. The molecule has 4 rings (SSSR count). The molecule has 1 heterocycles. The molecule has 0 radical (unpaired) electrons. The van der Waals surface area contributed by atoms with Crippen molar-refractivity contribution in [2.24, 2.45) is 4.99 Å². The second-order valence-corrected chi connectivity index (χ2v) is 6.07. The molecule has 0 fully saturated rings. The van der Waals surface area contributed by atoms with Crippen molar-refractivity contribution in [2.45, 2.75) is 6.23 Å². The van der Waals surface area contributed by atoms with E-state index in [1.54, 1.807) is 12.1 Å². The van der Waals surface area contributed by atoms with Gasteiger partial charge in [-0.15, -0.1) is 0 Å². The Hall–Kier alpha value is -3.73. The first-order valence-electron chi connectivity index (χ1n) is 8.52. The van der Waals surface area contributed by atoms with Crippen LogP contribution in [0.1, 0.15) is 22.9 Å². The van der Waals surface area contributed by atoms with E-state index in [2.05, 4.69) is 0 Å². The minimum Gasteiger partial charge on any atom is -0.464 e. The third kappa shape index (κ3) is 3.62. The molecule has 0 amide bonds. The molecule has 5 heteroatoms. The minimum atomic E-state index is -0.568. The average Bonchev–Trinajstić information content (AvgIpc) is 2.75. The Kier molecular flexibility index (Phi) is 4.49. The van der Waals surface area contributed by atoms with Crippen LogP contribution in [0.3, 0.4) is 0 Å². The maximum absolute atomic E-state index is 10.9. The second-order valence-electron chi connectivity index (χ2n) is 6.07. The summed E-state index contributed by atoms with van der Waals surface area (Å²) in [6, 6.07) is 26.0. The van der Waals surface area contributed by atoms with Crippen LogP contribution in [0, 0.1) is 10.1 Å². The molecule has 1 atom stereocenters. The van der Waals surface area contributed by atoms with Crippen molar-refractivity contribution in [3.63, 3.8) is 0 Å². The summed E-state index contributed by atoms with van der Waals surface area (Å²) >= 11 is 0. The number of nitrogens with zero attached hydrogens (tertiary/aromatic N) is 2. The average molecular weight is 356 g/mol. The summed E-state index contributed by atoms with van der Waals surface area (Å²) in [6.45, 7) is 0. The molecule has 0 aliphatic carbocycles. The van der Waals surface area contributed by atoms with E-state index in [1.807, 2.05) is 66.7 Å². The minimum absolute atomic E-state index is 0.0423. The van der Waals surface area contributed by atoms with Crippen LogP contribution in [0.15, 0.2) is 96.0 Å². The van der Waals surface area contributed by atoms with Gasteiger partial charge in [-0.25, -0.2) is 4.99 Å². The molecular weight excluding hydrogens is 340 g/mol. The number of nitro benzene ring substituents is 1. The van der Waals surface area contributed by atoms with E-state index in [-0.39, 0.29) is 5.69 Å². The maximum Gasteiger partial charge on any atom is 0.269 e. The first-order chi connectivity index (χ1) is 13.2. The fourth-order valence-corrected chi connectivity index (χ4v) is 2.89. The van der Waals surface area contributed by atoms with Crippen LogP contribution in [0.4, 0.5) is 5.69 Å². The lowest BCUT2D eigenvalue weighted by Crippen LogP contribution is -2.12. The Morgan fingerprint density at radius 2 is 1.41 bits per heavy atom. The van der Waals surface area contributed by atoms with Gasteiger partial charge in [-0.2, -0.15) is 0 Å². The predicted octanol–water partition coefficient (Wildman–Crippen LogP) is 5.15. The molecule has 0 N–H and O–H groups in total. The smallest absolute Gasteiger partial charge is 0.269 e. The van der Waals surface area contributed by atoms with Crippen molar-refractivity contribution in [1.29, 1.82) is 0 Å². The van der Waals surface area contributed by atoms with Gasteiger partial charge in [0.15, 0.2) is 0 Å². The van der Waals surface area contributed by atoms with E-state index < -0.39 is 11.2 Å². The summed E-state index contributed by atoms with van der Waals surface area (Å²) in [4.78, 5) is 15.2. The van der Waals surface area contributed by atoms with Gasteiger partial charge in [0.2, 0.25) is 6.23 Å². The zero-order chi connectivity index (χ0) is 18.6. The van der Waals surface area contributed by atoms with Gasteiger partial charge in [0.1, 0.15) is 5.76 Å². The molecule has 0 bridgehead atoms. The summed E-state index contributed by atoms with van der Waals surface area (Å²) in [6.07, 6.45) is 1.35. The van der Waals surface area contributed by atoms with E-state index >= 15 is 0 Å². The van der Waals surface area contributed by atoms with Crippen molar-refractivity contribution in [3.05, 3.63) is 118 Å². The number of hydrogen-bond acceptors (Lipinski definition) is 4.